The van der Waals surface area contributed by atoms with Crippen LogP contribution in [0.3, 0.4) is 0 Å². The molecule has 3 rings (SSSR count). The van der Waals surface area contributed by atoms with Crippen molar-refractivity contribution in [1.29, 1.82) is 0 Å². The molecule has 4 heteroatoms. The molecule has 1 unspecified atom stereocenters. The second kappa shape index (κ2) is 8.63. The second-order valence-corrected chi connectivity index (χ2v) is 8.29. The van der Waals surface area contributed by atoms with Crippen molar-refractivity contribution in [1.82, 2.24) is 10.2 Å². The SMILES string of the molecule is CN(C)C(c1ccccc1)C1CCC(NC(=O)Cc2cccs2)CC1. The van der Waals surface area contributed by atoms with Crippen molar-refractivity contribution in [2.75, 3.05) is 14.1 Å². The Kier molecular flexibility index (Phi) is 6.27. The Bertz CT molecular complexity index is 646. The lowest BCUT2D eigenvalue weighted by Gasteiger charge is -2.37. The number of carbonyl (C=O) groups is 1. The molecule has 1 amide bonds. The standard InChI is InChI=1S/C21H28N2OS/c1-23(2)21(16-7-4-3-5-8-16)17-10-12-18(13-11-17)22-20(24)15-19-9-6-14-25-19/h3-9,14,17-18,21H,10-13,15H2,1-2H3,(H,22,24). The van der Waals surface area contributed by atoms with E-state index in [1.54, 1.807) is 11.3 Å². The van der Waals surface area contributed by atoms with Gasteiger partial charge in [-0.25, -0.2) is 0 Å². The van der Waals surface area contributed by atoms with E-state index in [4.69, 9.17) is 0 Å². The van der Waals surface area contributed by atoms with E-state index >= 15 is 0 Å². The maximum Gasteiger partial charge on any atom is 0.225 e. The molecule has 1 aromatic carbocycles. The Morgan fingerprint density at radius 2 is 1.84 bits per heavy atom. The van der Waals surface area contributed by atoms with Crippen molar-refractivity contribution in [3.63, 3.8) is 0 Å². The van der Waals surface area contributed by atoms with Gasteiger partial charge in [0.15, 0.2) is 0 Å². The number of nitrogens with one attached hydrogen (secondary N) is 1. The first kappa shape index (κ1) is 18.2. The summed E-state index contributed by atoms with van der Waals surface area (Å²) in [4.78, 5) is 15.7. The predicted molar refractivity (Wildman–Crippen MR) is 105 cm³/mol. The van der Waals surface area contributed by atoms with Crippen LogP contribution >= 0.6 is 11.3 Å². The highest BCUT2D eigenvalue weighted by atomic mass is 32.1. The third-order valence-electron chi connectivity index (χ3n) is 5.20. The maximum absolute atomic E-state index is 12.2. The topological polar surface area (TPSA) is 32.3 Å². The first-order valence-corrected chi connectivity index (χ1v) is 10.0. The maximum atomic E-state index is 12.2. The molecular weight excluding hydrogens is 328 g/mol. The van der Waals surface area contributed by atoms with E-state index < -0.39 is 0 Å². The zero-order valence-electron chi connectivity index (χ0n) is 15.2. The van der Waals surface area contributed by atoms with Gasteiger partial charge in [-0.05, 0) is 62.7 Å². The number of rotatable bonds is 6. The summed E-state index contributed by atoms with van der Waals surface area (Å²) in [6.07, 6.45) is 5.02. The second-order valence-electron chi connectivity index (χ2n) is 7.25. The van der Waals surface area contributed by atoms with Crippen LogP contribution in [0.5, 0.6) is 0 Å². The average molecular weight is 357 g/mol. The third-order valence-corrected chi connectivity index (χ3v) is 6.07. The van der Waals surface area contributed by atoms with Crippen molar-refractivity contribution >= 4 is 17.2 Å². The zero-order valence-corrected chi connectivity index (χ0v) is 16.0. The van der Waals surface area contributed by atoms with E-state index in [0.717, 1.165) is 17.7 Å². The Morgan fingerprint density at radius 1 is 1.12 bits per heavy atom. The summed E-state index contributed by atoms with van der Waals surface area (Å²) in [7, 11) is 4.35. The molecule has 1 aliphatic rings. The first-order chi connectivity index (χ1) is 12.1. The normalized spacial score (nSPS) is 21.9. The van der Waals surface area contributed by atoms with Crippen LogP contribution in [0, 0.1) is 5.92 Å². The molecule has 0 saturated heterocycles. The molecule has 25 heavy (non-hydrogen) atoms. The summed E-state index contributed by atoms with van der Waals surface area (Å²) in [5.74, 6) is 0.820. The average Bonchev–Trinajstić information content (AvgIpc) is 3.10. The van der Waals surface area contributed by atoms with Crippen LogP contribution in [0.15, 0.2) is 47.8 Å². The number of benzene rings is 1. The monoisotopic (exact) mass is 356 g/mol. The molecule has 1 saturated carbocycles. The van der Waals surface area contributed by atoms with Gasteiger partial charge in [-0.2, -0.15) is 0 Å². The van der Waals surface area contributed by atoms with Gasteiger partial charge in [0, 0.05) is 17.0 Å². The summed E-state index contributed by atoms with van der Waals surface area (Å²) in [6.45, 7) is 0. The Morgan fingerprint density at radius 3 is 2.44 bits per heavy atom. The summed E-state index contributed by atoms with van der Waals surface area (Å²) < 4.78 is 0. The lowest BCUT2D eigenvalue weighted by atomic mass is 9.78. The highest BCUT2D eigenvalue weighted by Crippen LogP contribution is 2.37. The molecule has 1 fully saturated rings. The minimum Gasteiger partial charge on any atom is -0.353 e. The zero-order chi connectivity index (χ0) is 17.6. The molecule has 134 valence electrons. The molecule has 0 aliphatic heterocycles. The third kappa shape index (κ3) is 4.93. The molecule has 2 aromatic rings. The van der Waals surface area contributed by atoms with Crippen LogP contribution in [0.25, 0.3) is 0 Å². The highest BCUT2D eigenvalue weighted by Gasteiger charge is 2.30. The number of thiophene rings is 1. The molecule has 1 aromatic heterocycles. The highest BCUT2D eigenvalue weighted by molar-refractivity contribution is 7.10. The van der Waals surface area contributed by atoms with Gasteiger partial charge in [0.2, 0.25) is 5.91 Å². The van der Waals surface area contributed by atoms with Gasteiger partial charge < -0.3 is 10.2 Å². The van der Waals surface area contributed by atoms with Gasteiger partial charge in [-0.15, -0.1) is 11.3 Å². The minimum absolute atomic E-state index is 0.165. The number of nitrogens with zero attached hydrogens (tertiary/aromatic N) is 1. The molecule has 0 spiro atoms. The van der Waals surface area contributed by atoms with Crippen LogP contribution in [0.4, 0.5) is 0 Å². The van der Waals surface area contributed by atoms with Crippen LogP contribution < -0.4 is 5.32 Å². The van der Waals surface area contributed by atoms with E-state index in [-0.39, 0.29) is 5.91 Å². The van der Waals surface area contributed by atoms with Crippen LogP contribution in [-0.2, 0) is 11.2 Å². The number of amides is 1. The van der Waals surface area contributed by atoms with Crippen LogP contribution in [-0.4, -0.2) is 30.9 Å². The molecule has 1 aliphatic carbocycles. The largest absolute Gasteiger partial charge is 0.353 e. The van der Waals surface area contributed by atoms with Gasteiger partial charge in [0.25, 0.3) is 0 Å². The molecule has 0 radical (unpaired) electrons. The van der Waals surface area contributed by atoms with Crippen LogP contribution in [0.1, 0.15) is 42.2 Å². The van der Waals surface area contributed by atoms with Gasteiger partial charge in [-0.1, -0.05) is 36.4 Å². The quantitative estimate of drug-likeness (QED) is 0.838. The van der Waals surface area contributed by atoms with E-state index in [0.29, 0.717) is 24.4 Å². The smallest absolute Gasteiger partial charge is 0.225 e. The summed E-state index contributed by atoms with van der Waals surface area (Å²) >= 11 is 1.65. The minimum atomic E-state index is 0.165. The van der Waals surface area contributed by atoms with Gasteiger partial charge in [0.1, 0.15) is 0 Å². The molecule has 0 bridgehead atoms. The van der Waals surface area contributed by atoms with Crippen molar-refractivity contribution in [2.45, 2.75) is 44.2 Å². The first-order valence-electron chi connectivity index (χ1n) is 9.16. The van der Waals surface area contributed by atoms with E-state index in [1.807, 2.05) is 17.5 Å². The number of carbonyl (C=O) groups excluding carboxylic acids is 1. The predicted octanol–water partition coefficient (Wildman–Crippen LogP) is 4.27. The van der Waals surface area contributed by atoms with Gasteiger partial charge in [-0.3, -0.25) is 4.79 Å². The van der Waals surface area contributed by atoms with E-state index in [9.17, 15) is 4.79 Å². The number of hydrogen-bond donors (Lipinski definition) is 1. The molecule has 3 nitrogen and oxygen atoms in total. The van der Waals surface area contributed by atoms with E-state index in [2.05, 4.69) is 54.6 Å². The molecule has 1 atom stereocenters. The van der Waals surface area contributed by atoms with Gasteiger partial charge >= 0.3 is 0 Å². The molecular formula is C21H28N2OS. The molecule has 1 N–H and O–H groups in total. The summed E-state index contributed by atoms with van der Waals surface area (Å²) in [5, 5.41) is 5.27. The lowest BCUT2D eigenvalue weighted by molar-refractivity contribution is -0.121. The molecule has 1 heterocycles. The van der Waals surface area contributed by atoms with Crippen molar-refractivity contribution < 1.29 is 4.79 Å². The fourth-order valence-electron chi connectivity index (χ4n) is 4.07. The number of hydrogen-bond acceptors (Lipinski definition) is 3. The fraction of sp³-hybridized carbons (Fsp3) is 0.476. The van der Waals surface area contributed by atoms with Crippen molar-refractivity contribution in [3.8, 4) is 0 Å². The summed E-state index contributed by atoms with van der Waals surface area (Å²) in [6, 6.07) is 15.6. The Labute approximate surface area is 155 Å². The van der Waals surface area contributed by atoms with E-state index in [1.165, 1.54) is 18.4 Å². The summed E-state index contributed by atoms with van der Waals surface area (Å²) in [5.41, 5.74) is 1.40. The van der Waals surface area contributed by atoms with Crippen molar-refractivity contribution in [2.24, 2.45) is 5.92 Å². The van der Waals surface area contributed by atoms with Crippen LogP contribution in [0.2, 0.25) is 0 Å². The Hall–Kier alpha value is -1.65. The van der Waals surface area contributed by atoms with Crippen molar-refractivity contribution in [3.05, 3.63) is 58.3 Å². The Balaban J connectivity index is 1.53. The lowest BCUT2D eigenvalue weighted by Crippen LogP contribution is -2.40. The fourth-order valence-corrected chi connectivity index (χ4v) is 4.78. The van der Waals surface area contributed by atoms with Gasteiger partial charge in [0.05, 0.1) is 6.42 Å².